The van der Waals surface area contributed by atoms with Gasteiger partial charge in [-0.15, -0.1) is 0 Å². The number of rotatable bonds is 3. The molecule has 2 heterocycles. The van der Waals surface area contributed by atoms with Crippen LogP contribution in [0.2, 0.25) is 0 Å². The Balaban J connectivity index is 1.88. The summed E-state index contributed by atoms with van der Waals surface area (Å²) in [5.41, 5.74) is 5.48. The van der Waals surface area contributed by atoms with Crippen molar-refractivity contribution in [1.82, 2.24) is 0 Å². The van der Waals surface area contributed by atoms with Gasteiger partial charge in [0, 0.05) is 32.1 Å². The fourth-order valence-corrected chi connectivity index (χ4v) is 3.40. The molecule has 1 aromatic carbocycles. The van der Waals surface area contributed by atoms with Crippen LogP contribution in [0.4, 0.5) is 5.69 Å². The van der Waals surface area contributed by atoms with Gasteiger partial charge in [-0.05, 0) is 54.5 Å². The Labute approximate surface area is 128 Å². The molecule has 0 aliphatic carbocycles. The Kier molecular flexibility index (Phi) is 4.03. The lowest BCUT2D eigenvalue weighted by Gasteiger charge is -2.26. The van der Waals surface area contributed by atoms with Crippen molar-refractivity contribution in [3.63, 3.8) is 0 Å². The molecule has 0 radical (unpaired) electrons. The lowest BCUT2D eigenvalue weighted by atomic mass is 9.90. The van der Waals surface area contributed by atoms with Crippen LogP contribution in [0, 0.1) is 12.8 Å². The van der Waals surface area contributed by atoms with Crippen LogP contribution in [0.3, 0.4) is 0 Å². The molecule has 1 saturated heterocycles. The highest BCUT2D eigenvalue weighted by Gasteiger charge is 2.25. The van der Waals surface area contributed by atoms with Gasteiger partial charge in [0.1, 0.15) is 0 Å². The summed E-state index contributed by atoms with van der Waals surface area (Å²) >= 11 is 0. The zero-order valence-corrected chi connectivity index (χ0v) is 13.6. The zero-order valence-electron chi connectivity index (χ0n) is 13.6. The molecule has 2 aliphatic rings. The number of methoxy groups -OCH3 is 1. The Hall–Kier alpha value is -1.35. The van der Waals surface area contributed by atoms with Gasteiger partial charge in [-0.3, -0.25) is 4.99 Å². The molecule has 114 valence electrons. The fraction of sp³-hybridized carbons (Fsp3) is 0.611. The van der Waals surface area contributed by atoms with Crippen molar-refractivity contribution in [2.75, 3.05) is 25.1 Å². The third-order valence-corrected chi connectivity index (χ3v) is 4.88. The maximum Gasteiger partial charge on any atom is 0.0762 e. The van der Waals surface area contributed by atoms with Gasteiger partial charge >= 0.3 is 0 Å². The quantitative estimate of drug-likeness (QED) is 0.852. The van der Waals surface area contributed by atoms with Crippen LogP contribution in [-0.2, 0) is 11.2 Å². The van der Waals surface area contributed by atoms with E-state index >= 15 is 0 Å². The maximum atomic E-state index is 5.50. The first kappa shape index (κ1) is 14.6. The topological polar surface area (TPSA) is 24.8 Å². The van der Waals surface area contributed by atoms with Crippen LogP contribution >= 0.6 is 0 Å². The van der Waals surface area contributed by atoms with E-state index in [1.165, 1.54) is 22.4 Å². The molecular weight excluding hydrogens is 260 g/mol. The van der Waals surface area contributed by atoms with Crippen molar-refractivity contribution < 1.29 is 4.74 Å². The number of fused-ring (bicyclic) bond motifs is 1. The van der Waals surface area contributed by atoms with Gasteiger partial charge in [0.15, 0.2) is 0 Å². The molecule has 1 fully saturated rings. The number of hydrogen-bond acceptors (Lipinski definition) is 3. The molecule has 0 amide bonds. The summed E-state index contributed by atoms with van der Waals surface area (Å²) in [6.45, 7) is 8.83. The molecule has 0 bridgehead atoms. The van der Waals surface area contributed by atoms with Crippen molar-refractivity contribution >= 4 is 11.9 Å². The molecule has 0 aromatic heterocycles. The monoisotopic (exact) mass is 286 g/mol. The summed E-state index contributed by atoms with van der Waals surface area (Å²) in [4.78, 5) is 7.18. The standard InChI is InChI=1S/C18H26N2O/c1-12(2)17-8-14-9-18(13(3)7-15(14)10-19-17)20-6-5-16(11-20)21-4/h7,9-10,12,16-17H,5-6,8,11H2,1-4H3/t16-,17?/m1/s1. The number of anilines is 1. The van der Waals surface area contributed by atoms with E-state index in [1.807, 2.05) is 7.11 Å². The van der Waals surface area contributed by atoms with Crippen LogP contribution in [0.25, 0.3) is 0 Å². The summed E-state index contributed by atoms with van der Waals surface area (Å²) < 4.78 is 5.50. The number of ether oxygens (including phenoxy) is 1. The van der Waals surface area contributed by atoms with Gasteiger partial charge in [-0.2, -0.15) is 0 Å². The minimum Gasteiger partial charge on any atom is -0.380 e. The molecule has 0 N–H and O–H groups in total. The van der Waals surface area contributed by atoms with Gasteiger partial charge in [0.05, 0.1) is 12.1 Å². The second-order valence-corrected chi connectivity index (χ2v) is 6.72. The molecule has 3 heteroatoms. The highest BCUT2D eigenvalue weighted by molar-refractivity contribution is 5.85. The van der Waals surface area contributed by atoms with E-state index in [2.05, 4.69) is 44.0 Å². The van der Waals surface area contributed by atoms with E-state index in [9.17, 15) is 0 Å². The summed E-state index contributed by atoms with van der Waals surface area (Å²) in [6.07, 6.45) is 4.65. The second-order valence-electron chi connectivity index (χ2n) is 6.72. The maximum absolute atomic E-state index is 5.50. The highest BCUT2D eigenvalue weighted by Crippen LogP contribution is 2.31. The van der Waals surface area contributed by atoms with E-state index in [1.54, 1.807) is 0 Å². The van der Waals surface area contributed by atoms with Crippen molar-refractivity contribution in [3.05, 3.63) is 28.8 Å². The van der Waals surface area contributed by atoms with Crippen LogP contribution < -0.4 is 4.90 Å². The van der Waals surface area contributed by atoms with Gasteiger partial charge in [-0.1, -0.05) is 13.8 Å². The SMILES string of the molecule is CO[C@@H]1CCN(c2cc3c(cc2C)C=NC(C(C)C)C3)C1. The number of aryl methyl sites for hydroxylation is 1. The number of hydrogen-bond donors (Lipinski definition) is 0. The molecule has 1 aromatic rings. The van der Waals surface area contributed by atoms with Gasteiger partial charge in [0.2, 0.25) is 0 Å². The molecular formula is C18H26N2O. The van der Waals surface area contributed by atoms with Crippen molar-refractivity contribution in [2.24, 2.45) is 10.9 Å². The molecule has 0 saturated carbocycles. The molecule has 2 aliphatic heterocycles. The Bertz CT molecular complexity index is 550. The summed E-state index contributed by atoms with van der Waals surface area (Å²) in [5, 5.41) is 0. The fourth-order valence-electron chi connectivity index (χ4n) is 3.40. The first-order valence-corrected chi connectivity index (χ1v) is 8.03. The van der Waals surface area contributed by atoms with E-state index in [0.717, 1.165) is 25.9 Å². The lowest BCUT2D eigenvalue weighted by molar-refractivity contribution is 0.121. The van der Waals surface area contributed by atoms with E-state index in [0.29, 0.717) is 18.1 Å². The van der Waals surface area contributed by atoms with Crippen LogP contribution in [0.5, 0.6) is 0 Å². The van der Waals surface area contributed by atoms with E-state index in [-0.39, 0.29) is 0 Å². The predicted molar refractivity (Wildman–Crippen MR) is 88.7 cm³/mol. The Morgan fingerprint density at radius 2 is 2.14 bits per heavy atom. The summed E-state index contributed by atoms with van der Waals surface area (Å²) in [6, 6.07) is 5.12. The molecule has 3 nitrogen and oxygen atoms in total. The third kappa shape index (κ3) is 2.84. The largest absolute Gasteiger partial charge is 0.380 e. The van der Waals surface area contributed by atoms with Gasteiger partial charge in [-0.25, -0.2) is 0 Å². The molecule has 3 rings (SSSR count). The predicted octanol–water partition coefficient (Wildman–Crippen LogP) is 3.22. The van der Waals surface area contributed by atoms with Crippen LogP contribution in [-0.4, -0.2) is 38.6 Å². The minimum atomic E-state index is 0.380. The third-order valence-electron chi connectivity index (χ3n) is 4.88. The Morgan fingerprint density at radius 1 is 1.33 bits per heavy atom. The summed E-state index contributed by atoms with van der Waals surface area (Å²) in [7, 11) is 1.82. The van der Waals surface area contributed by atoms with Crippen molar-refractivity contribution in [1.29, 1.82) is 0 Å². The zero-order chi connectivity index (χ0) is 15.0. The summed E-state index contributed by atoms with van der Waals surface area (Å²) in [5.74, 6) is 0.601. The van der Waals surface area contributed by atoms with Gasteiger partial charge in [0.25, 0.3) is 0 Å². The normalized spacial score (nSPS) is 24.7. The van der Waals surface area contributed by atoms with E-state index in [4.69, 9.17) is 9.73 Å². The van der Waals surface area contributed by atoms with E-state index < -0.39 is 0 Å². The van der Waals surface area contributed by atoms with Crippen LogP contribution in [0.1, 0.15) is 37.0 Å². The van der Waals surface area contributed by atoms with Gasteiger partial charge < -0.3 is 9.64 Å². The Morgan fingerprint density at radius 3 is 2.81 bits per heavy atom. The molecule has 21 heavy (non-hydrogen) atoms. The molecule has 1 unspecified atom stereocenters. The highest BCUT2D eigenvalue weighted by atomic mass is 16.5. The second kappa shape index (κ2) is 5.80. The number of aliphatic imine (C=N–C) groups is 1. The average Bonchev–Trinajstić information content (AvgIpc) is 2.94. The number of nitrogens with zero attached hydrogens (tertiary/aromatic N) is 2. The van der Waals surface area contributed by atoms with Crippen molar-refractivity contribution in [3.8, 4) is 0 Å². The molecule has 2 atom stereocenters. The van der Waals surface area contributed by atoms with Crippen molar-refractivity contribution in [2.45, 2.75) is 45.8 Å². The first-order valence-electron chi connectivity index (χ1n) is 8.03. The first-order chi connectivity index (χ1) is 10.1. The number of benzene rings is 1. The molecule has 0 spiro atoms. The minimum absolute atomic E-state index is 0.380. The lowest BCUT2D eigenvalue weighted by Crippen LogP contribution is -2.25. The van der Waals surface area contributed by atoms with Crippen LogP contribution in [0.15, 0.2) is 17.1 Å². The smallest absolute Gasteiger partial charge is 0.0762 e. The average molecular weight is 286 g/mol.